The van der Waals surface area contributed by atoms with Gasteiger partial charge in [-0.1, -0.05) is 12.1 Å². The van der Waals surface area contributed by atoms with Gasteiger partial charge in [0.1, 0.15) is 0 Å². The highest BCUT2D eigenvalue weighted by Crippen LogP contribution is 2.19. The highest BCUT2D eigenvalue weighted by Gasteiger charge is 2.26. The van der Waals surface area contributed by atoms with E-state index < -0.39 is 6.03 Å². The fraction of sp³-hybridized carbons (Fsp3) is 0.400. The van der Waals surface area contributed by atoms with E-state index in [9.17, 15) is 14.4 Å². The summed E-state index contributed by atoms with van der Waals surface area (Å²) in [5, 5.41) is 8.16. The monoisotopic (exact) mass is 302 g/mol. The number of hydrogen-bond acceptors (Lipinski definition) is 3. The van der Waals surface area contributed by atoms with Gasteiger partial charge in [0.2, 0.25) is 5.91 Å². The number of nitrogens with one attached hydrogen (secondary N) is 3. The first-order valence-corrected chi connectivity index (χ1v) is 7.36. The van der Waals surface area contributed by atoms with Gasteiger partial charge in [-0.3, -0.25) is 4.79 Å². The fourth-order valence-corrected chi connectivity index (χ4v) is 2.25. The Labute approximate surface area is 128 Å². The van der Waals surface area contributed by atoms with E-state index in [0.717, 1.165) is 23.3 Å². The van der Waals surface area contributed by atoms with Gasteiger partial charge in [-0.2, -0.15) is 0 Å². The fourth-order valence-electron chi connectivity index (χ4n) is 2.25. The van der Waals surface area contributed by atoms with Gasteiger partial charge in [0.05, 0.1) is 6.42 Å². The van der Waals surface area contributed by atoms with Crippen LogP contribution in [0.4, 0.5) is 15.3 Å². The molecule has 1 aliphatic heterocycles. The number of benzene rings is 1. The maximum absolute atomic E-state index is 11.9. The van der Waals surface area contributed by atoms with Crippen molar-refractivity contribution in [1.82, 2.24) is 15.5 Å². The molecule has 3 N–H and O–H groups in total. The number of hydrogen-bond donors (Lipinski definition) is 3. The maximum atomic E-state index is 11.9. The SMILES string of the molecule is O=C(Cc1ccc(NC(=O)N2CCNC2=O)cc1)NC1CC1. The summed E-state index contributed by atoms with van der Waals surface area (Å²) >= 11 is 0. The summed E-state index contributed by atoms with van der Waals surface area (Å²) in [6.45, 7) is 0.839. The van der Waals surface area contributed by atoms with Crippen LogP contribution in [0.3, 0.4) is 0 Å². The smallest absolute Gasteiger partial charge is 0.330 e. The molecule has 1 saturated carbocycles. The second kappa shape index (κ2) is 6.05. The summed E-state index contributed by atoms with van der Waals surface area (Å²) in [5.41, 5.74) is 1.48. The van der Waals surface area contributed by atoms with E-state index >= 15 is 0 Å². The summed E-state index contributed by atoms with van der Waals surface area (Å²) < 4.78 is 0. The average molecular weight is 302 g/mol. The molecule has 0 aromatic heterocycles. The van der Waals surface area contributed by atoms with Crippen molar-refractivity contribution >= 4 is 23.7 Å². The standard InChI is InChI=1S/C15H18N4O3/c20-13(17-11-5-6-11)9-10-1-3-12(4-2-10)18-15(22)19-8-7-16-14(19)21/h1-4,11H,5-9H2,(H,16,21)(H,17,20)(H,18,22). The minimum absolute atomic E-state index is 0.0213. The van der Waals surface area contributed by atoms with Crippen molar-refractivity contribution in [2.75, 3.05) is 18.4 Å². The van der Waals surface area contributed by atoms with E-state index in [0.29, 0.717) is 31.2 Å². The Morgan fingerprint density at radius 2 is 1.95 bits per heavy atom. The molecule has 0 bridgehead atoms. The Morgan fingerprint density at radius 1 is 1.23 bits per heavy atom. The topological polar surface area (TPSA) is 90.5 Å². The highest BCUT2D eigenvalue weighted by atomic mass is 16.2. The van der Waals surface area contributed by atoms with Gasteiger partial charge in [0, 0.05) is 24.8 Å². The molecule has 0 unspecified atom stereocenters. The molecule has 0 radical (unpaired) electrons. The molecule has 3 rings (SSSR count). The molecule has 116 valence electrons. The van der Waals surface area contributed by atoms with Crippen molar-refractivity contribution in [3.05, 3.63) is 29.8 Å². The van der Waals surface area contributed by atoms with Crippen molar-refractivity contribution in [1.29, 1.82) is 0 Å². The normalized spacial score (nSPS) is 17.1. The van der Waals surface area contributed by atoms with E-state index in [1.165, 1.54) is 0 Å². The molecule has 5 amide bonds. The molecule has 1 aromatic rings. The van der Waals surface area contributed by atoms with Crippen LogP contribution in [0.2, 0.25) is 0 Å². The summed E-state index contributed by atoms with van der Waals surface area (Å²) in [5.74, 6) is 0.0213. The molecule has 1 aliphatic carbocycles. The van der Waals surface area contributed by atoms with Crippen LogP contribution in [0.5, 0.6) is 0 Å². The number of carbonyl (C=O) groups is 3. The lowest BCUT2D eigenvalue weighted by Crippen LogP contribution is -2.37. The van der Waals surface area contributed by atoms with Gasteiger partial charge < -0.3 is 16.0 Å². The minimum Gasteiger partial charge on any atom is -0.353 e. The van der Waals surface area contributed by atoms with Crippen LogP contribution in [-0.2, 0) is 11.2 Å². The summed E-state index contributed by atoms with van der Waals surface area (Å²) in [6.07, 6.45) is 2.47. The second-order valence-electron chi connectivity index (χ2n) is 5.53. The van der Waals surface area contributed by atoms with Crippen LogP contribution in [0.15, 0.2) is 24.3 Å². The molecule has 0 atom stereocenters. The summed E-state index contributed by atoms with van der Waals surface area (Å²) in [7, 11) is 0. The van der Waals surface area contributed by atoms with Crippen LogP contribution in [-0.4, -0.2) is 42.0 Å². The molecule has 1 aromatic carbocycles. The molecule has 0 spiro atoms. The van der Waals surface area contributed by atoms with Gasteiger partial charge in [0.25, 0.3) is 0 Å². The van der Waals surface area contributed by atoms with Crippen LogP contribution >= 0.6 is 0 Å². The highest BCUT2D eigenvalue weighted by molar-refractivity contribution is 6.01. The van der Waals surface area contributed by atoms with Crippen LogP contribution in [0, 0.1) is 0 Å². The molecule has 1 saturated heterocycles. The zero-order valence-electron chi connectivity index (χ0n) is 12.1. The number of urea groups is 2. The zero-order chi connectivity index (χ0) is 15.5. The molecule has 2 fully saturated rings. The first-order valence-electron chi connectivity index (χ1n) is 7.36. The van der Waals surface area contributed by atoms with Crippen LogP contribution in [0.1, 0.15) is 18.4 Å². The Hall–Kier alpha value is -2.57. The Kier molecular flexibility index (Phi) is 3.95. The van der Waals surface area contributed by atoms with Gasteiger partial charge in [-0.25, -0.2) is 14.5 Å². The van der Waals surface area contributed by atoms with E-state index in [4.69, 9.17) is 0 Å². The van der Waals surface area contributed by atoms with Crippen molar-refractivity contribution < 1.29 is 14.4 Å². The first kappa shape index (κ1) is 14.4. The van der Waals surface area contributed by atoms with Gasteiger partial charge in [-0.05, 0) is 30.5 Å². The third-order valence-electron chi connectivity index (χ3n) is 3.61. The van der Waals surface area contributed by atoms with E-state index in [2.05, 4.69) is 16.0 Å². The number of nitrogens with zero attached hydrogens (tertiary/aromatic N) is 1. The Balaban J connectivity index is 1.53. The number of carbonyl (C=O) groups excluding carboxylic acids is 3. The predicted molar refractivity (Wildman–Crippen MR) is 80.4 cm³/mol. The molecule has 7 nitrogen and oxygen atoms in total. The predicted octanol–water partition coefficient (Wildman–Crippen LogP) is 1.06. The second-order valence-corrected chi connectivity index (χ2v) is 5.53. The third-order valence-corrected chi connectivity index (χ3v) is 3.61. The first-order chi connectivity index (χ1) is 10.6. The number of rotatable bonds is 4. The minimum atomic E-state index is -0.450. The van der Waals surface area contributed by atoms with E-state index in [1.807, 2.05) is 0 Å². The average Bonchev–Trinajstić information content (AvgIpc) is 3.19. The molecule has 7 heteroatoms. The summed E-state index contributed by atoms with van der Waals surface area (Å²) in [6, 6.07) is 6.58. The lowest BCUT2D eigenvalue weighted by atomic mass is 10.1. The van der Waals surface area contributed by atoms with Crippen molar-refractivity contribution in [3.8, 4) is 0 Å². The lowest BCUT2D eigenvalue weighted by molar-refractivity contribution is -0.120. The van der Waals surface area contributed by atoms with E-state index in [1.54, 1.807) is 24.3 Å². The van der Waals surface area contributed by atoms with Crippen molar-refractivity contribution in [2.45, 2.75) is 25.3 Å². The van der Waals surface area contributed by atoms with Gasteiger partial charge in [-0.15, -0.1) is 0 Å². The quantitative estimate of drug-likeness (QED) is 0.777. The molecular formula is C15H18N4O3. The molecule has 2 aliphatic rings. The van der Waals surface area contributed by atoms with Gasteiger partial charge in [0.15, 0.2) is 0 Å². The van der Waals surface area contributed by atoms with Crippen LogP contribution in [0.25, 0.3) is 0 Å². The molecular weight excluding hydrogens is 284 g/mol. The maximum Gasteiger partial charge on any atom is 0.330 e. The van der Waals surface area contributed by atoms with Gasteiger partial charge >= 0.3 is 12.1 Å². The Bertz CT molecular complexity index is 595. The zero-order valence-corrected chi connectivity index (χ0v) is 12.1. The molecule has 22 heavy (non-hydrogen) atoms. The van der Waals surface area contributed by atoms with Crippen molar-refractivity contribution in [2.24, 2.45) is 0 Å². The number of anilines is 1. The number of imide groups is 1. The number of amides is 5. The summed E-state index contributed by atoms with van der Waals surface area (Å²) in [4.78, 5) is 36.1. The van der Waals surface area contributed by atoms with Crippen LogP contribution < -0.4 is 16.0 Å². The lowest BCUT2D eigenvalue weighted by Gasteiger charge is -2.13. The van der Waals surface area contributed by atoms with Crippen molar-refractivity contribution in [3.63, 3.8) is 0 Å². The van der Waals surface area contributed by atoms with E-state index in [-0.39, 0.29) is 11.9 Å². The molecule has 1 heterocycles. The Morgan fingerprint density at radius 3 is 2.55 bits per heavy atom. The largest absolute Gasteiger partial charge is 0.353 e. The third kappa shape index (κ3) is 3.55.